The van der Waals surface area contributed by atoms with Crippen LogP contribution in [0.4, 0.5) is 0 Å². The maximum Gasteiger partial charge on any atom is 0.189 e. The summed E-state index contributed by atoms with van der Waals surface area (Å²) in [7, 11) is 0. The van der Waals surface area contributed by atoms with Gasteiger partial charge in [-0.3, -0.25) is 0 Å². The third-order valence-corrected chi connectivity index (χ3v) is 7.25. The molecule has 1 aromatic rings. The van der Waals surface area contributed by atoms with E-state index in [1.807, 2.05) is 0 Å². The van der Waals surface area contributed by atoms with E-state index in [1.54, 1.807) is 0 Å². The molecule has 4 bridgehead atoms. The van der Waals surface area contributed by atoms with Gasteiger partial charge in [-0.25, -0.2) is 0 Å². The van der Waals surface area contributed by atoms with Gasteiger partial charge in [-0.15, -0.1) is 0 Å². The monoisotopic (exact) mass is 370 g/mol. The predicted molar refractivity (Wildman–Crippen MR) is 111 cm³/mol. The Morgan fingerprint density at radius 1 is 0.963 bits per heavy atom. The molecule has 0 heterocycles. The van der Waals surface area contributed by atoms with E-state index >= 15 is 0 Å². The van der Waals surface area contributed by atoms with Gasteiger partial charge in [0, 0.05) is 0 Å². The van der Waals surface area contributed by atoms with Crippen molar-refractivity contribution in [3.05, 3.63) is 29.8 Å². The van der Waals surface area contributed by atoms with Crippen molar-refractivity contribution in [2.45, 2.75) is 78.6 Å². The molecule has 1 unspecified atom stereocenters. The summed E-state index contributed by atoms with van der Waals surface area (Å²) < 4.78 is 11.9. The molecule has 4 saturated carbocycles. The molecule has 2 heteroatoms. The van der Waals surface area contributed by atoms with Gasteiger partial charge < -0.3 is 9.47 Å². The molecule has 1 atom stereocenters. The molecule has 0 aliphatic heterocycles. The zero-order valence-electron chi connectivity index (χ0n) is 17.8. The van der Waals surface area contributed by atoms with Crippen LogP contribution in [0, 0.1) is 28.6 Å². The lowest BCUT2D eigenvalue weighted by atomic mass is 9.50. The van der Waals surface area contributed by atoms with E-state index in [9.17, 15) is 0 Å². The lowest BCUT2D eigenvalue weighted by Crippen LogP contribution is -2.48. The number of rotatable bonds is 7. The van der Waals surface area contributed by atoms with Crippen LogP contribution in [0.25, 0.3) is 0 Å². The minimum Gasteiger partial charge on any atom is -0.468 e. The van der Waals surface area contributed by atoms with Crippen molar-refractivity contribution >= 4 is 0 Å². The van der Waals surface area contributed by atoms with Gasteiger partial charge in [0.25, 0.3) is 0 Å². The summed E-state index contributed by atoms with van der Waals surface area (Å²) in [6.07, 6.45) is 9.89. The zero-order chi connectivity index (χ0) is 19.1. The highest BCUT2D eigenvalue weighted by atomic mass is 16.7. The molecule has 0 aromatic heterocycles. The summed E-state index contributed by atoms with van der Waals surface area (Å²) in [6, 6.07) is 8.63. The Balaban J connectivity index is 1.23. The molecule has 4 aliphatic carbocycles. The first-order valence-corrected chi connectivity index (χ1v) is 11.1. The van der Waals surface area contributed by atoms with E-state index in [0.717, 1.165) is 30.1 Å². The minimum atomic E-state index is 0.361. The van der Waals surface area contributed by atoms with Gasteiger partial charge in [-0.1, -0.05) is 39.8 Å². The molecule has 0 radical (unpaired) electrons. The molecule has 0 N–H and O–H groups in total. The Bertz CT molecular complexity index is 589. The van der Waals surface area contributed by atoms with Crippen molar-refractivity contribution in [2.24, 2.45) is 28.6 Å². The second kappa shape index (κ2) is 7.43. The highest BCUT2D eigenvalue weighted by Crippen LogP contribution is 2.60. The van der Waals surface area contributed by atoms with E-state index in [-0.39, 0.29) is 0 Å². The van der Waals surface area contributed by atoms with Gasteiger partial charge >= 0.3 is 0 Å². The molecule has 150 valence electrons. The first-order valence-electron chi connectivity index (χ1n) is 11.1. The molecule has 0 amide bonds. The van der Waals surface area contributed by atoms with Gasteiger partial charge in [-0.2, -0.15) is 0 Å². The SMILES string of the molecule is CC(CC(C)(C)C)c1ccc(OCOCC23CC4CC(CC(C4)C2)C3)cc1. The summed E-state index contributed by atoms with van der Waals surface area (Å²) in [5, 5.41) is 0. The summed E-state index contributed by atoms with van der Waals surface area (Å²) in [5.41, 5.74) is 2.23. The van der Waals surface area contributed by atoms with Crippen LogP contribution >= 0.6 is 0 Å². The molecule has 2 nitrogen and oxygen atoms in total. The smallest absolute Gasteiger partial charge is 0.189 e. The second-order valence-electron chi connectivity index (χ2n) is 11.3. The number of hydrogen-bond donors (Lipinski definition) is 0. The Kier molecular flexibility index (Phi) is 5.31. The number of benzene rings is 1. The van der Waals surface area contributed by atoms with Crippen molar-refractivity contribution in [1.29, 1.82) is 0 Å². The van der Waals surface area contributed by atoms with Crippen LogP contribution < -0.4 is 4.74 Å². The lowest BCUT2D eigenvalue weighted by molar-refractivity contribution is -0.116. The molecule has 4 aliphatic rings. The lowest BCUT2D eigenvalue weighted by Gasteiger charge is -2.56. The van der Waals surface area contributed by atoms with Crippen LogP contribution in [-0.4, -0.2) is 13.4 Å². The van der Waals surface area contributed by atoms with Crippen LogP contribution in [-0.2, 0) is 4.74 Å². The molecular formula is C25H38O2. The van der Waals surface area contributed by atoms with Crippen LogP contribution in [0.5, 0.6) is 5.75 Å². The normalized spacial score (nSPS) is 33.3. The summed E-state index contributed by atoms with van der Waals surface area (Å²) in [6.45, 7) is 10.5. The first-order chi connectivity index (χ1) is 12.8. The highest BCUT2D eigenvalue weighted by molar-refractivity contribution is 5.29. The Morgan fingerprint density at radius 3 is 2.04 bits per heavy atom. The van der Waals surface area contributed by atoms with Gasteiger partial charge in [0.2, 0.25) is 0 Å². The van der Waals surface area contributed by atoms with Crippen LogP contribution in [0.3, 0.4) is 0 Å². The van der Waals surface area contributed by atoms with Crippen molar-refractivity contribution in [3.63, 3.8) is 0 Å². The van der Waals surface area contributed by atoms with Crippen molar-refractivity contribution in [1.82, 2.24) is 0 Å². The molecule has 5 rings (SSSR count). The van der Waals surface area contributed by atoms with Crippen LogP contribution in [0.15, 0.2) is 24.3 Å². The van der Waals surface area contributed by atoms with E-state index in [1.165, 1.54) is 50.5 Å². The molecule has 0 saturated heterocycles. The van der Waals surface area contributed by atoms with Crippen LogP contribution in [0.1, 0.15) is 84.1 Å². The molecule has 27 heavy (non-hydrogen) atoms. The molecule has 4 fully saturated rings. The second-order valence-corrected chi connectivity index (χ2v) is 11.3. The minimum absolute atomic E-state index is 0.361. The largest absolute Gasteiger partial charge is 0.468 e. The van der Waals surface area contributed by atoms with Crippen molar-refractivity contribution in [3.8, 4) is 5.75 Å². The highest BCUT2D eigenvalue weighted by Gasteiger charge is 2.50. The van der Waals surface area contributed by atoms with E-state index in [0.29, 0.717) is 23.5 Å². The molecule has 0 spiro atoms. The maximum atomic E-state index is 6.04. The van der Waals surface area contributed by atoms with Crippen molar-refractivity contribution in [2.75, 3.05) is 13.4 Å². The Labute approximate surface area is 166 Å². The van der Waals surface area contributed by atoms with Gasteiger partial charge in [0.1, 0.15) is 5.75 Å². The van der Waals surface area contributed by atoms with Crippen LogP contribution in [0.2, 0.25) is 0 Å². The van der Waals surface area contributed by atoms with Gasteiger partial charge in [-0.05, 0) is 97.1 Å². The standard InChI is InChI=1S/C25H38O2/c1-18(12-24(2,3)4)22-5-7-23(8-6-22)27-17-26-16-25-13-19-9-20(14-25)11-21(10-19)15-25/h5-8,18-21H,9-17H2,1-4H3. The average molecular weight is 371 g/mol. The quantitative estimate of drug-likeness (QED) is 0.388. The average Bonchev–Trinajstić information content (AvgIpc) is 2.56. The van der Waals surface area contributed by atoms with Gasteiger partial charge in [0.15, 0.2) is 6.79 Å². The van der Waals surface area contributed by atoms with E-state index < -0.39 is 0 Å². The number of ether oxygens (including phenoxy) is 2. The fourth-order valence-electron chi connectivity index (χ4n) is 6.76. The molecule has 1 aromatic carbocycles. The third-order valence-electron chi connectivity index (χ3n) is 7.25. The van der Waals surface area contributed by atoms with Gasteiger partial charge in [0.05, 0.1) is 6.61 Å². The van der Waals surface area contributed by atoms with E-state index in [2.05, 4.69) is 52.0 Å². The topological polar surface area (TPSA) is 18.5 Å². The predicted octanol–water partition coefficient (Wildman–Crippen LogP) is 6.80. The van der Waals surface area contributed by atoms with E-state index in [4.69, 9.17) is 9.47 Å². The number of hydrogen-bond acceptors (Lipinski definition) is 2. The Hall–Kier alpha value is -1.02. The maximum absolute atomic E-state index is 6.04. The fourth-order valence-corrected chi connectivity index (χ4v) is 6.76. The first kappa shape index (κ1) is 19.3. The molecular weight excluding hydrogens is 332 g/mol. The summed E-state index contributed by atoms with van der Waals surface area (Å²) in [4.78, 5) is 0. The van der Waals surface area contributed by atoms with Crippen molar-refractivity contribution < 1.29 is 9.47 Å². The Morgan fingerprint density at radius 2 is 1.52 bits per heavy atom. The summed E-state index contributed by atoms with van der Waals surface area (Å²) >= 11 is 0. The zero-order valence-corrected chi connectivity index (χ0v) is 17.8. The third kappa shape index (κ3) is 4.70. The fraction of sp³-hybridized carbons (Fsp3) is 0.760. The summed E-state index contributed by atoms with van der Waals surface area (Å²) in [5.74, 6) is 4.47.